The zero-order valence-electron chi connectivity index (χ0n) is 19.4. The fourth-order valence-electron chi connectivity index (χ4n) is 3.70. The highest BCUT2D eigenvalue weighted by molar-refractivity contribution is 8.02. The van der Waals surface area contributed by atoms with E-state index in [-0.39, 0.29) is 22.0 Å². The van der Waals surface area contributed by atoms with Gasteiger partial charge in [-0.05, 0) is 51.3 Å². The lowest BCUT2D eigenvalue weighted by molar-refractivity contribution is -0.118. The molecule has 9 heteroatoms. The number of aliphatic hydroxyl groups is 1. The maximum Gasteiger partial charge on any atom is 0.287 e. The third-order valence-corrected chi connectivity index (χ3v) is 7.38. The lowest BCUT2D eigenvalue weighted by Crippen LogP contribution is -2.37. The van der Waals surface area contributed by atoms with Crippen molar-refractivity contribution < 1.29 is 14.7 Å². The van der Waals surface area contributed by atoms with Crippen LogP contribution in [0.5, 0.6) is 0 Å². The molecule has 1 heterocycles. The fraction of sp³-hybridized carbons (Fsp3) is 0.500. The molecule has 1 fully saturated rings. The molecule has 2 N–H and O–H groups in total. The molecule has 176 valence electrons. The molecule has 3 rings (SSSR count). The second-order valence-corrected chi connectivity index (χ2v) is 11.3. The first-order chi connectivity index (χ1) is 15.7. The average Bonchev–Trinajstić information content (AvgIpc) is 3.45. The van der Waals surface area contributed by atoms with Crippen molar-refractivity contribution in [2.45, 2.75) is 56.2 Å². The Morgan fingerprint density at radius 2 is 2.09 bits per heavy atom. The van der Waals surface area contributed by atoms with Crippen molar-refractivity contribution in [3.8, 4) is 6.07 Å². The van der Waals surface area contributed by atoms with Gasteiger partial charge in [-0.2, -0.15) is 5.26 Å². The Morgan fingerprint density at radius 1 is 1.39 bits per heavy atom. The second-order valence-electron chi connectivity index (χ2n) is 9.14. The van der Waals surface area contributed by atoms with Crippen LogP contribution in [0.2, 0.25) is 0 Å². The molecule has 0 aliphatic heterocycles. The van der Waals surface area contributed by atoms with Gasteiger partial charge >= 0.3 is 0 Å². The molecular formula is C24H31N5O3S. The molecule has 2 aromatic rings. The van der Waals surface area contributed by atoms with E-state index in [4.69, 9.17) is 5.26 Å². The highest BCUT2D eigenvalue weighted by Gasteiger charge is 2.48. The summed E-state index contributed by atoms with van der Waals surface area (Å²) in [5.41, 5.74) is 2.31. The number of nitrogens with zero attached hydrogens (tertiary/aromatic N) is 4. The van der Waals surface area contributed by atoms with E-state index in [0.29, 0.717) is 37.6 Å². The number of aryl methyl sites for hydroxylation is 1. The molecule has 1 aromatic heterocycles. The number of carbonyl (C=O) groups excluding carboxylic acids is 2. The Bertz CT molecular complexity index is 1020. The van der Waals surface area contributed by atoms with Crippen LogP contribution in [-0.4, -0.2) is 61.1 Å². The van der Waals surface area contributed by atoms with Gasteiger partial charge in [0.05, 0.1) is 18.2 Å². The number of imidazole rings is 1. The van der Waals surface area contributed by atoms with E-state index >= 15 is 0 Å². The van der Waals surface area contributed by atoms with Crippen molar-refractivity contribution in [2.75, 3.05) is 19.7 Å². The van der Waals surface area contributed by atoms with Gasteiger partial charge < -0.3 is 19.9 Å². The van der Waals surface area contributed by atoms with E-state index in [0.717, 1.165) is 30.5 Å². The topological polar surface area (TPSA) is 111 Å². The van der Waals surface area contributed by atoms with E-state index in [1.165, 1.54) is 0 Å². The summed E-state index contributed by atoms with van der Waals surface area (Å²) in [4.78, 5) is 30.5. The molecule has 33 heavy (non-hydrogen) atoms. The smallest absolute Gasteiger partial charge is 0.287 e. The summed E-state index contributed by atoms with van der Waals surface area (Å²) in [6, 6.07) is 9.12. The number of nitriles is 1. The van der Waals surface area contributed by atoms with Crippen molar-refractivity contribution in [3.05, 3.63) is 53.1 Å². The molecule has 1 aromatic carbocycles. The van der Waals surface area contributed by atoms with Crippen molar-refractivity contribution in [1.29, 1.82) is 5.26 Å². The Morgan fingerprint density at radius 3 is 2.67 bits per heavy atom. The predicted molar refractivity (Wildman–Crippen MR) is 128 cm³/mol. The Labute approximate surface area is 199 Å². The Kier molecular flexibility index (Phi) is 7.82. The standard InChI is InChI=1S/C24H31N5O3S/c1-18-13-26-21(22(32)27-14-20-6-4-19(12-25)5-7-20)29(18)11-10-28(17-31)15-24(8-9-24)33-23(2,3)16-30/h4-7,13,17,30H,8-11,14-16H2,1-3H3,(H,27,32). The third kappa shape index (κ3) is 6.59. The van der Waals surface area contributed by atoms with E-state index < -0.39 is 0 Å². The first-order valence-electron chi connectivity index (χ1n) is 11.0. The first-order valence-corrected chi connectivity index (χ1v) is 11.8. The number of nitrogens with one attached hydrogen (secondary N) is 1. The highest BCUT2D eigenvalue weighted by Crippen LogP contribution is 2.53. The number of rotatable bonds is 12. The number of hydrogen-bond acceptors (Lipinski definition) is 6. The van der Waals surface area contributed by atoms with Gasteiger partial charge in [-0.15, -0.1) is 11.8 Å². The molecule has 0 radical (unpaired) electrons. The molecule has 0 spiro atoms. The zero-order valence-corrected chi connectivity index (χ0v) is 20.2. The number of aromatic nitrogens is 2. The van der Waals surface area contributed by atoms with Crippen molar-refractivity contribution in [1.82, 2.24) is 19.8 Å². The van der Waals surface area contributed by atoms with Crippen LogP contribution in [0.4, 0.5) is 0 Å². The van der Waals surface area contributed by atoms with E-state index in [9.17, 15) is 14.7 Å². The lowest BCUT2D eigenvalue weighted by Gasteiger charge is -2.31. The van der Waals surface area contributed by atoms with Gasteiger partial charge in [-0.1, -0.05) is 12.1 Å². The molecule has 0 atom stereocenters. The highest BCUT2D eigenvalue weighted by atomic mass is 32.2. The predicted octanol–water partition coefficient (Wildman–Crippen LogP) is 2.49. The van der Waals surface area contributed by atoms with Gasteiger partial charge in [0.25, 0.3) is 5.91 Å². The van der Waals surface area contributed by atoms with Gasteiger partial charge in [0, 0.05) is 47.6 Å². The Hall–Kier alpha value is -2.83. The number of hydrogen-bond donors (Lipinski definition) is 2. The first kappa shape index (κ1) is 24.8. The summed E-state index contributed by atoms with van der Waals surface area (Å²) in [7, 11) is 0. The third-order valence-electron chi connectivity index (χ3n) is 5.73. The van der Waals surface area contributed by atoms with E-state index in [2.05, 4.69) is 16.4 Å². The molecule has 0 bridgehead atoms. The van der Waals surface area contributed by atoms with Crippen LogP contribution in [0.3, 0.4) is 0 Å². The summed E-state index contributed by atoms with van der Waals surface area (Å²) >= 11 is 1.75. The number of thioether (sulfide) groups is 1. The number of aliphatic hydroxyl groups excluding tert-OH is 1. The van der Waals surface area contributed by atoms with Crippen LogP contribution in [0.1, 0.15) is 54.1 Å². The maximum absolute atomic E-state index is 12.8. The maximum atomic E-state index is 12.8. The van der Waals surface area contributed by atoms with Crippen molar-refractivity contribution in [2.24, 2.45) is 0 Å². The lowest BCUT2D eigenvalue weighted by atomic mass is 10.1. The minimum Gasteiger partial charge on any atom is -0.395 e. The average molecular weight is 470 g/mol. The summed E-state index contributed by atoms with van der Waals surface area (Å²) in [6.45, 7) is 7.90. The van der Waals surface area contributed by atoms with Crippen molar-refractivity contribution >= 4 is 24.1 Å². The Balaban J connectivity index is 1.59. The van der Waals surface area contributed by atoms with Crippen LogP contribution >= 0.6 is 11.8 Å². The van der Waals surface area contributed by atoms with E-state index in [1.54, 1.807) is 35.0 Å². The minimum atomic E-state index is -0.288. The zero-order chi connectivity index (χ0) is 24.1. The second kappa shape index (κ2) is 10.4. The number of benzene rings is 1. The van der Waals surface area contributed by atoms with E-state index in [1.807, 2.05) is 37.5 Å². The molecule has 1 aliphatic rings. The van der Waals surface area contributed by atoms with Gasteiger partial charge in [0.15, 0.2) is 5.82 Å². The van der Waals surface area contributed by atoms with Gasteiger partial charge in [-0.25, -0.2) is 4.98 Å². The van der Waals surface area contributed by atoms with Gasteiger partial charge in [0.1, 0.15) is 0 Å². The SMILES string of the molecule is Cc1cnc(C(=O)NCc2ccc(C#N)cc2)n1CCN(C=O)CC1(SC(C)(C)CO)CC1. The van der Waals surface area contributed by atoms with Gasteiger partial charge in [0.2, 0.25) is 6.41 Å². The van der Waals surface area contributed by atoms with Crippen LogP contribution in [0.15, 0.2) is 30.5 Å². The van der Waals surface area contributed by atoms with Crippen LogP contribution in [0.25, 0.3) is 0 Å². The summed E-state index contributed by atoms with van der Waals surface area (Å²) < 4.78 is 1.58. The largest absolute Gasteiger partial charge is 0.395 e. The molecule has 0 saturated heterocycles. The van der Waals surface area contributed by atoms with Gasteiger partial charge in [-0.3, -0.25) is 9.59 Å². The molecule has 2 amide bonds. The minimum absolute atomic E-state index is 0.00157. The molecule has 1 aliphatic carbocycles. The molecule has 0 unspecified atom stereocenters. The summed E-state index contributed by atoms with van der Waals surface area (Å²) in [6.07, 6.45) is 4.57. The number of amides is 2. The number of carbonyl (C=O) groups is 2. The van der Waals surface area contributed by atoms with Crippen LogP contribution in [-0.2, 0) is 17.9 Å². The summed E-state index contributed by atoms with van der Waals surface area (Å²) in [5.74, 6) is 0.0212. The monoisotopic (exact) mass is 469 g/mol. The van der Waals surface area contributed by atoms with Crippen LogP contribution < -0.4 is 5.32 Å². The van der Waals surface area contributed by atoms with Crippen molar-refractivity contribution in [3.63, 3.8) is 0 Å². The van der Waals surface area contributed by atoms with Crippen LogP contribution in [0, 0.1) is 18.3 Å². The quantitative estimate of drug-likeness (QED) is 0.462. The fourth-order valence-corrected chi connectivity index (χ4v) is 5.47. The summed E-state index contributed by atoms with van der Waals surface area (Å²) in [5, 5.41) is 21.4. The molecular weight excluding hydrogens is 438 g/mol. The normalized spacial score (nSPS) is 14.4. The molecule has 1 saturated carbocycles. The molecule has 8 nitrogen and oxygen atoms in total.